The van der Waals surface area contributed by atoms with Crippen LogP contribution in [0.25, 0.3) is 10.8 Å². The van der Waals surface area contributed by atoms with Crippen LogP contribution in [0.15, 0.2) is 60.7 Å². The second-order valence-electron chi connectivity index (χ2n) is 4.75. The molecular formula is C17H13IN2O. The fraction of sp³-hybridized carbons (Fsp3) is 0. The van der Waals surface area contributed by atoms with Gasteiger partial charge in [-0.05, 0) is 69.8 Å². The molecule has 0 heterocycles. The van der Waals surface area contributed by atoms with Crippen LogP contribution >= 0.6 is 22.6 Å². The van der Waals surface area contributed by atoms with Crippen LogP contribution in [0.4, 0.5) is 11.4 Å². The molecule has 3 N–H and O–H groups in total. The maximum absolute atomic E-state index is 12.4. The highest BCUT2D eigenvalue weighted by atomic mass is 127. The van der Waals surface area contributed by atoms with Crippen molar-refractivity contribution in [1.29, 1.82) is 0 Å². The van der Waals surface area contributed by atoms with Crippen molar-refractivity contribution in [2.45, 2.75) is 0 Å². The van der Waals surface area contributed by atoms with Crippen molar-refractivity contribution in [3.63, 3.8) is 0 Å². The van der Waals surface area contributed by atoms with Crippen LogP contribution in [0, 0.1) is 3.57 Å². The van der Waals surface area contributed by atoms with Crippen molar-refractivity contribution in [3.8, 4) is 0 Å². The molecule has 3 aromatic carbocycles. The van der Waals surface area contributed by atoms with Crippen molar-refractivity contribution in [2.75, 3.05) is 11.1 Å². The number of benzene rings is 3. The second-order valence-corrected chi connectivity index (χ2v) is 5.99. The molecule has 3 aromatic rings. The fourth-order valence-corrected chi connectivity index (χ4v) is 2.55. The van der Waals surface area contributed by atoms with Crippen LogP contribution in [0.1, 0.15) is 10.4 Å². The van der Waals surface area contributed by atoms with E-state index in [9.17, 15) is 4.79 Å². The molecule has 3 rings (SSSR count). The van der Waals surface area contributed by atoms with E-state index in [-0.39, 0.29) is 5.91 Å². The number of rotatable bonds is 2. The smallest absolute Gasteiger partial charge is 0.257 e. The van der Waals surface area contributed by atoms with E-state index in [1.807, 2.05) is 60.7 Å². The minimum absolute atomic E-state index is 0.195. The Kier molecular flexibility index (Phi) is 3.79. The molecule has 0 aliphatic carbocycles. The lowest BCUT2D eigenvalue weighted by atomic mass is 10.0. The van der Waals surface area contributed by atoms with Gasteiger partial charge in [0, 0.05) is 14.9 Å². The summed E-state index contributed by atoms with van der Waals surface area (Å²) in [6.45, 7) is 0. The number of nitrogen functional groups attached to an aromatic ring is 1. The Labute approximate surface area is 136 Å². The first-order valence-corrected chi connectivity index (χ1v) is 7.56. The average molecular weight is 388 g/mol. The third-order valence-electron chi connectivity index (χ3n) is 3.26. The second kappa shape index (κ2) is 5.73. The van der Waals surface area contributed by atoms with Crippen LogP contribution < -0.4 is 11.1 Å². The van der Waals surface area contributed by atoms with Gasteiger partial charge in [0.1, 0.15) is 0 Å². The van der Waals surface area contributed by atoms with Crippen molar-refractivity contribution >= 4 is 50.6 Å². The number of amides is 1. The Morgan fingerprint density at radius 2 is 1.57 bits per heavy atom. The Hall–Kier alpha value is -2.08. The highest BCUT2D eigenvalue weighted by Crippen LogP contribution is 2.23. The maximum atomic E-state index is 12.4. The summed E-state index contributed by atoms with van der Waals surface area (Å²) in [5, 5.41) is 4.90. The predicted octanol–water partition coefficient (Wildman–Crippen LogP) is 4.28. The van der Waals surface area contributed by atoms with Gasteiger partial charge in [-0.3, -0.25) is 4.79 Å². The van der Waals surface area contributed by atoms with E-state index in [4.69, 9.17) is 5.73 Å². The Balaban J connectivity index is 1.93. The van der Waals surface area contributed by atoms with Gasteiger partial charge in [-0.1, -0.05) is 24.3 Å². The molecule has 21 heavy (non-hydrogen) atoms. The molecule has 0 atom stereocenters. The van der Waals surface area contributed by atoms with Gasteiger partial charge in [0.05, 0.1) is 5.56 Å². The zero-order valence-corrected chi connectivity index (χ0v) is 13.3. The Morgan fingerprint density at radius 3 is 2.24 bits per heavy atom. The van der Waals surface area contributed by atoms with E-state index in [2.05, 4.69) is 27.9 Å². The number of hydrogen-bond acceptors (Lipinski definition) is 2. The van der Waals surface area contributed by atoms with E-state index in [0.29, 0.717) is 11.3 Å². The number of hydrogen-bond donors (Lipinski definition) is 2. The zero-order chi connectivity index (χ0) is 14.8. The van der Waals surface area contributed by atoms with Crippen molar-refractivity contribution in [3.05, 3.63) is 69.8 Å². The highest BCUT2D eigenvalue weighted by molar-refractivity contribution is 14.1. The van der Waals surface area contributed by atoms with Gasteiger partial charge < -0.3 is 11.1 Å². The highest BCUT2D eigenvalue weighted by Gasteiger charge is 2.11. The number of fused-ring (bicyclic) bond motifs is 1. The number of nitrogens with two attached hydrogens (primary N) is 1. The van der Waals surface area contributed by atoms with Gasteiger partial charge in [0.25, 0.3) is 5.91 Å². The first kappa shape index (κ1) is 13.9. The summed E-state index contributed by atoms with van der Waals surface area (Å²) in [7, 11) is 0. The summed E-state index contributed by atoms with van der Waals surface area (Å²) >= 11 is 2.22. The molecule has 1 amide bonds. The van der Waals surface area contributed by atoms with E-state index >= 15 is 0 Å². The molecule has 0 unspecified atom stereocenters. The number of halogens is 1. The largest absolute Gasteiger partial charge is 0.398 e. The summed E-state index contributed by atoms with van der Waals surface area (Å²) in [5.41, 5.74) is 7.74. The zero-order valence-electron chi connectivity index (χ0n) is 11.1. The third-order valence-corrected chi connectivity index (χ3v) is 3.98. The quantitative estimate of drug-likeness (QED) is 0.509. The molecule has 0 aliphatic heterocycles. The summed E-state index contributed by atoms with van der Waals surface area (Å²) in [6, 6.07) is 19.1. The standard InChI is InChI=1S/C17H13IN2O/c18-13-5-7-14(8-6-13)20-17(21)15-9-11-3-1-2-4-12(11)10-16(15)19/h1-10H,19H2,(H,20,21). The number of anilines is 2. The summed E-state index contributed by atoms with van der Waals surface area (Å²) in [6.07, 6.45) is 0. The maximum Gasteiger partial charge on any atom is 0.257 e. The van der Waals surface area contributed by atoms with Crippen molar-refractivity contribution < 1.29 is 4.79 Å². The molecule has 104 valence electrons. The van der Waals surface area contributed by atoms with E-state index < -0.39 is 0 Å². The molecule has 4 heteroatoms. The number of carbonyl (C=O) groups excluding carboxylic acids is 1. The normalized spacial score (nSPS) is 10.5. The molecule has 0 aromatic heterocycles. The van der Waals surface area contributed by atoms with Crippen LogP contribution in [0.2, 0.25) is 0 Å². The van der Waals surface area contributed by atoms with Crippen molar-refractivity contribution in [2.24, 2.45) is 0 Å². The minimum atomic E-state index is -0.195. The Bertz CT molecular complexity index is 813. The van der Waals surface area contributed by atoms with Crippen molar-refractivity contribution in [1.82, 2.24) is 0 Å². The fourth-order valence-electron chi connectivity index (χ4n) is 2.19. The lowest BCUT2D eigenvalue weighted by molar-refractivity contribution is 0.102. The molecule has 0 saturated heterocycles. The minimum Gasteiger partial charge on any atom is -0.398 e. The van der Waals surface area contributed by atoms with Crippen LogP contribution in [-0.4, -0.2) is 5.91 Å². The summed E-state index contributed by atoms with van der Waals surface area (Å²) in [4.78, 5) is 12.4. The molecule has 0 fully saturated rings. The first-order valence-electron chi connectivity index (χ1n) is 6.49. The van der Waals surface area contributed by atoms with E-state index in [1.165, 1.54) is 0 Å². The van der Waals surface area contributed by atoms with Gasteiger partial charge in [0.15, 0.2) is 0 Å². The molecule has 0 aliphatic rings. The lowest BCUT2D eigenvalue weighted by Gasteiger charge is -2.09. The van der Waals surface area contributed by atoms with Crippen LogP contribution in [0.5, 0.6) is 0 Å². The van der Waals surface area contributed by atoms with Gasteiger partial charge in [0.2, 0.25) is 0 Å². The average Bonchev–Trinajstić information content (AvgIpc) is 2.49. The molecule has 0 radical (unpaired) electrons. The third kappa shape index (κ3) is 3.00. The number of carbonyl (C=O) groups is 1. The number of nitrogens with one attached hydrogen (secondary N) is 1. The lowest BCUT2D eigenvalue weighted by Crippen LogP contribution is -2.14. The monoisotopic (exact) mass is 388 g/mol. The van der Waals surface area contributed by atoms with Gasteiger partial charge in [-0.15, -0.1) is 0 Å². The Morgan fingerprint density at radius 1 is 0.952 bits per heavy atom. The SMILES string of the molecule is Nc1cc2ccccc2cc1C(=O)Nc1ccc(I)cc1. The molecular weight excluding hydrogens is 375 g/mol. The van der Waals surface area contributed by atoms with Gasteiger partial charge in [-0.25, -0.2) is 0 Å². The molecule has 0 bridgehead atoms. The van der Waals surface area contributed by atoms with Gasteiger partial charge in [-0.2, -0.15) is 0 Å². The van der Waals surface area contributed by atoms with Gasteiger partial charge >= 0.3 is 0 Å². The van der Waals surface area contributed by atoms with E-state index in [0.717, 1.165) is 20.0 Å². The summed E-state index contributed by atoms with van der Waals surface area (Å²) in [5.74, 6) is -0.195. The molecule has 3 nitrogen and oxygen atoms in total. The first-order chi connectivity index (χ1) is 10.1. The molecule has 0 spiro atoms. The summed E-state index contributed by atoms with van der Waals surface area (Å²) < 4.78 is 1.12. The topological polar surface area (TPSA) is 55.1 Å². The molecule has 0 saturated carbocycles. The van der Waals surface area contributed by atoms with E-state index in [1.54, 1.807) is 0 Å². The van der Waals surface area contributed by atoms with Crippen LogP contribution in [0.3, 0.4) is 0 Å². The van der Waals surface area contributed by atoms with Crippen LogP contribution in [-0.2, 0) is 0 Å². The predicted molar refractivity (Wildman–Crippen MR) is 95.5 cm³/mol.